The lowest BCUT2D eigenvalue weighted by molar-refractivity contribution is -0.386. The number of nitro groups is 1. The van der Waals surface area contributed by atoms with Crippen molar-refractivity contribution in [3.8, 4) is 0 Å². The Morgan fingerprint density at radius 3 is 2.90 bits per heavy atom. The van der Waals surface area contributed by atoms with Gasteiger partial charge in [-0.1, -0.05) is 0 Å². The molecular formula is C9H8N6O5S. The number of thiazole rings is 1. The van der Waals surface area contributed by atoms with Gasteiger partial charge < -0.3 is 0 Å². The van der Waals surface area contributed by atoms with Gasteiger partial charge in [0.2, 0.25) is 0 Å². The van der Waals surface area contributed by atoms with Gasteiger partial charge in [0, 0.05) is 5.38 Å². The number of carbonyl (C=O) groups is 1. The summed E-state index contributed by atoms with van der Waals surface area (Å²) < 4.78 is 0.915. The number of hydrogen-bond donors (Lipinski definition) is 3. The lowest BCUT2D eigenvalue weighted by Gasteiger charge is -2.01. The minimum absolute atomic E-state index is 0.0828. The molecule has 0 aliphatic rings. The van der Waals surface area contributed by atoms with Gasteiger partial charge in [0.1, 0.15) is 0 Å². The average Bonchev–Trinajstić information content (AvgIpc) is 2.89. The molecule has 21 heavy (non-hydrogen) atoms. The summed E-state index contributed by atoms with van der Waals surface area (Å²) in [5.74, 6) is 4.37. The van der Waals surface area contributed by atoms with Crippen LogP contribution in [-0.2, 0) is 6.54 Å². The zero-order valence-electron chi connectivity index (χ0n) is 10.2. The monoisotopic (exact) mass is 312 g/mol. The van der Waals surface area contributed by atoms with Crippen molar-refractivity contribution in [2.24, 2.45) is 5.84 Å². The molecule has 0 spiro atoms. The van der Waals surface area contributed by atoms with Crippen molar-refractivity contribution in [2.75, 3.05) is 0 Å². The number of nitrogen functional groups attached to an aromatic ring is 1. The van der Waals surface area contributed by atoms with Crippen molar-refractivity contribution in [1.29, 1.82) is 0 Å². The highest BCUT2D eigenvalue weighted by Crippen LogP contribution is 2.10. The number of H-pyrrole nitrogens is 1. The maximum atomic E-state index is 11.6. The zero-order valence-corrected chi connectivity index (χ0v) is 11.0. The number of aromatic amines is 1. The van der Waals surface area contributed by atoms with Crippen LogP contribution in [-0.4, -0.2) is 25.4 Å². The molecule has 0 unspecified atom stereocenters. The molecule has 0 aliphatic carbocycles. The average molecular weight is 312 g/mol. The van der Waals surface area contributed by atoms with Crippen molar-refractivity contribution in [1.82, 2.24) is 20.0 Å². The van der Waals surface area contributed by atoms with Gasteiger partial charge in [-0.3, -0.25) is 34.7 Å². The van der Waals surface area contributed by atoms with Crippen LogP contribution < -0.4 is 22.5 Å². The van der Waals surface area contributed by atoms with Crippen molar-refractivity contribution in [2.45, 2.75) is 6.54 Å². The minimum atomic E-state index is -1.08. The Hall–Kier alpha value is -2.86. The van der Waals surface area contributed by atoms with Gasteiger partial charge in [-0.2, -0.15) is 0 Å². The standard InChI is InChI=1S/C9H8N6O5S/c10-13-7(17)8-11-4(3-21-8)1-14-2-5(15(19)20)6(16)12-9(14)18/h2-3H,1,10H2,(H,13,17)(H,12,16,18). The van der Waals surface area contributed by atoms with E-state index in [1.165, 1.54) is 5.38 Å². The van der Waals surface area contributed by atoms with Crippen LogP contribution in [0.15, 0.2) is 21.2 Å². The van der Waals surface area contributed by atoms with E-state index in [0.717, 1.165) is 22.1 Å². The van der Waals surface area contributed by atoms with Crippen LogP contribution in [0.2, 0.25) is 0 Å². The van der Waals surface area contributed by atoms with Gasteiger partial charge in [-0.05, 0) is 0 Å². The number of nitrogens with one attached hydrogen (secondary N) is 2. The summed E-state index contributed by atoms with van der Waals surface area (Å²) in [6, 6.07) is 0. The molecule has 0 bridgehead atoms. The van der Waals surface area contributed by atoms with Gasteiger partial charge in [0.15, 0.2) is 5.01 Å². The number of hydrogen-bond acceptors (Lipinski definition) is 8. The first-order chi connectivity index (χ1) is 9.92. The molecule has 2 aromatic rings. The second kappa shape index (κ2) is 5.64. The van der Waals surface area contributed by atoms with Gasteiger partial charge in [-0.15, -0.1) is 11.3 Å². The SMILES string of the molecule is NNC(=O)c1nc(Cn2cc([N+](=O)[O-])c(=O)[nH]c2=O)cs1. The van der Waals surface area contributed by atoms with E-state index in [-0.39, 0.29) is 11.6 Å². The van der Waals surface area contributed by atoms with Gasteiger partial charge >= 0.3 is 16.9 Å². The summed E-state index contributed by atoms with van der Waals surface area (Å²) >= 11 is 0.997. The normalized spacial score (nSPS) is 10.3. The molecule has 2 heterocycles. The number of aromatic nitrogens is 3. The van der Waals surface area contributed by atoms with Crippen LogP contribution in [0, 0.1) is 10.1 Å². The second-order valence-electron chi connectivity index (χ2n) is 3.78. The van der Waals surface area contributed by atoms with E-state index in [4.69, 9.17) is 5.84 Å². The number of hydrazine groups is 1. The molecule has 2 aromatic heterocycles. The fourth-order valence-electron chi connectivity index (χ4n) is 1.47. The molecule has 0 radical (unpaired) electrons. The largest absolute Gasteiger partial charge is 0.350 e. The van der Waals surface area contributed by atoms with Gasteiger partial charge in [-0.25, -0.2) is 15.6 Å². The molecule has 110 valence electrons. The highest BCUT2D eigenvalue weighted by Gasteiger charge is 2.16. The molecule has 0 fully saturated rings. The molecule has 11 nitrogen and oxygen atoms in total. The van der Waals surface area contributed by atoms with E-state index >= 15 is 0 Å². The Labute approximate surface area is 119 Å². The van der Waals surface area contributed by atoms with E-state index in [1.807, 2.05) is 10.4 Å². The third-order valence-electron chi connectivity index (χ3n) is 2.40. The van der Waals surface area contributed by atoms with Crippen molar-refractivity contribution in [3.05, 3.63) is 53.2 Å². The van der Waals surface area contributed by atoms with E-state index in [2.05, 4.69) is 4.98 Å². The van der Waals surface area contributed by atoms with E-state index < -0.39 is 27.8 Å². The maximum Gasteiger partial charge on any atom is 0.350 e. The van der Waals surface area contributed by atoms with Crippen LogP contribution >= 0.6 is 11.3 Å². The molecule has 0 aromatic carbocycles. The van der Waals surface area contributed by atoms with Crippen LogP contribution in [0.5, 0.6) is 0 Å². The van der Waals surface area contributed by atoms with Gasteiger partial charge in [0.25, 0.3) is 5.91 Å². The summed E-state index contributed by atoms with van der Waals surface area (Å²) in [5, 5.41) is 12.2. The smallest absolute Gasteiger partial charge is 0.288 e. The van der Waals surface area contributed by atoms with Crippen LogP contribution in [0.4, 0.5) is 5.69 Å². The number of nitrogens with two attached hydrogens (primary N) is 1. The molecule has 0 saturated heterocycles. The van der Waals surface area contributed by atoms with Gasteiger partial charge in [0.05, 0.1) is 23.4 Å². The van der Waals surface area contributed by atoms with Crippen molar-refractivity contribution >= 4 is 22.9 Å². The molecular weight excluding hydrogens is 304 g/mol. The Balaban J connectivity index is 2.35. The predicted octanol–water partition coefficient (Wildman–Crippen LogP) is -1.45. The zero-order chi connectivity index (χ0) is 15.6. The Bertz CT molecular complexity index is 821. The molecule has 12 heteroatoms. The lowest BCUT2D eigenvalue weighted by Crippen LogP contribution is -2.31. The minimum Gasteiger partial charge on any atom is -0.288 e. The fraction of sp³-hybridized carbons (Fsp3) is 0.111. The summed E-state index contributed by atoms with van der Waals surface area (Å²) in [6.07, 6.45) is 0.823. The molecule has 0 atom stereocenters. The first-order valence-corrected chi connectivity index (χ1v) is 6.24. The number of amides is 1. The summed E-state index contributed by atoms with van der Waals surface area (Å²) in [6.45, 7) is -0.134. The Kier molecular flexibility index (Phi) is 3.91. The predicted molar refractivity (Wildman–Crippen MR) is 70.8 cm³/mol. The maximum absolute atomic E-state index is 11.6. The molecule has 2 rings (SSSR count). The molecule has 4 N–H and O–H groups in total. The summed E-state index contributed by atoms with van der Waals surface area (Å²) in [5.41, 5.74) is -0.430. The van der Waals surface area contributed by atoms with Crippen LogP contribution in [0.25, 0.3) is 0 Å². The quantitative estimate of drug-likeness (QED) is 0.269. The Morgan fingerprint density at radius 1 is 1.57 bits per heavy atom. The third-order valence-corrected chi connectivity index (χ3v) is 3.29. The number of carbonyl (C=O) groups excluding carboxylic acids is 1. The first-order valence-electron chi connectivity index (χ1n) is 5.36. The highest BCUT2D eigenvalue weighted by molar-refractivity contribution is 7.11. The Morgan fingerprint density at radius 2 is 2.29 bits per heavy atom. The highest BCUT2D eigenvalue weighted by atomic mass is 32.1. The number of rotatable bonds is 4. The van der Waals surface area contributed by atoms with Crippen molar-refractivity contribution < 1.29 is 9.72 Å². The fourth-order valence-corrected chi connectivity index (χ4v) is 2.18. The van der Waals surface area contributed by atoms with Crippen molar-refractivity contribution in [3.63, 3.8) is 0 Å². The summed E-state index contributed by atoms with van der Waals surface area (Å²) in [7, 11) is 0. The third kappa shape index (κ3) is 3.01. The first kappa shape index (κ1) is 14.5. The van der Waals surface area contributed by atoms with E-state index in [0.29, 0.717) is 5.69 Å². The van der Waals surface area contributed by atoms with E-state index in [9.17, 15) is 24.5 Å². The van der Waals surface area contributed by atoms with Crippen LogP contribution in [0.1, 0.15) is 15.5 Å². The van der Waals surface area contributed by atoms with E-state index in [1.54, 1.807) is 0 Å². The molecule has 1 amide bonds. The molecule has 0 aliphatic heterocycles. The lowest BCUT2D eigenvalue weighted by atomic mass is 10.4. The number of nitrogens with zero attached hydrogens (tertiary/aromatic N) is 3. The topological polar surface area (TPSA) is 166 Å². The van der Waals surface area contributed by atoms with Crippen LogP contribution in [0.3, 0.4) is 0 Å². The second-order valence-corrected chi connectivity index (χ2v) is 4.63. The summed E-state index contributed by atoms with van der Waals surface area (Å²) in [4.78, 5) is 49.6. The molecule has 0 saturated carbocycles.